The van der Waals surface area contributed by atoms with Crippen molar-refractivity contribution in [3.63, 3.8) is 0 Å². The van der Waals surface area contributed by atoms with Crippen LogP contribution in [0, 0.1) is 0 Å². The van der Waals surface area contributed by atoms with Crippen LogP contribution in [0.3, 0.4) is 0 Å². The number of nitrogens with one attached hydrogen (secondary N) is 2. The standard InChI is InChI=1S/C23H25N3O3/c27-14-17(28)13-25-21-12-16(9-10-24-21)23-18(11-15-5-2-1-3-6-15)22-19(26-23)7-4-8-20(22)29/h1-3,5-6,9-10,12,17,26-28H,4,7-8,11,13-14H2,(H,24,25)/t17-/m0/s1. The summed E-state index contributed by atoms with van der Waals surface area (Å²) in [6.07, 6.45) is 3.89. The summed E-state index contributed by atoms with van der Waals surface area (Å²) in [7, 11) is 0. The minimum Gasteiger partial charge on any atom is -0.394 e. The van der Waals surface area contributed by atoms with Gasteiger partial charge in [0.2, 0.25) is 0 Å². The molecule has 0 aliphatic heterocycles. The Hall–Kier alpha value is -2.96. The topological polar surface area (TPSA) is 98.2 Å². The van der Waals surface area contributed by atoms with Crippen molar-refractivity contribution < 1.29 is 15.0 Å². The number of H-pyrrole nitrogens is 1. The summed E-state index contributed by atoms with van der Waals surface area (Å²) in [6.45, 7) is -0.0943. The molecule has 1 aromatic carbocycles. The second-order valence-corrected chi connectivity index (χ2v) is 7.42. The van der Waals surface area contributed by atoms with E-state index in [1.54, 1.807) is 6.20 Å². The molecule has 4 rings (SSSR count). The number of aliphatic hydroxyl groups is 2. The smallest absolute Gasteiger partial charge is 0.165 e. The van der Waals surface area contributed by atoms with Crippen molar-refractivity contribution in [2.75, 3.05) is 18.5 Å². The van der Waals surface area contributed by atoms with Crippen molar-refractivity contribution in [3.8, 4) is 11.3 Å². The molecule has 1 atom stereocenters. The molecule has 0 bridgehead atoms. The van der Waals surface area contributed by atoms with Crippen molar-refractivity contribution in [2.45, 2.75) is 31.8 Å². The zero-order valence-corrected chi connectivity index (χ0v) is 16.2. The lowest BCUT2D eigenvalue weighted by Gasteiger charge is -2.13. The first-order chi connectivity index (χ1) is 14.2. The van der Waals surface area contributed by atoms with Gasteiger partial charge >= 0.3 is 0 Å². The summed E-state index contributed by atoms with van der Waals surface area (Å²) in [4.78, 5) is 20.5. The molecular weight excluding hydrogens is 366 g/mol. The Bertz CT molecular complexity index is 998. The Morgan fingerprint density at radius 2 is 2.00 bits per heavy atom. The second-order valence-electron chi connectivity index (χ2n) is 7.42. The van der Waals surface area contributed by atoms with Gasteiger partial charge in [-0.2, -0.15) is 0 Å². The van der Waals surface area contributed by atoms with E-state index in [2.05, 4.69) is 27.4 Å². The van der Waals surface area contributed by atoms with Crippen LogP contribution in [0.4, 0.5) is 5.82 Å². The van der Waals surface area contributed by atoms with Crippen LogP contribution in [0.2, 0.25) is 0 Å². The van der Waals surface area contributed by atoms with Gasteiger partial charge in [-0.1, -0.05) is 30.3 Å². The van der Waals surface area contributed by atoms with Gasteiger partial charge in [0.15, 0.2) is 5.78 Å². The Morgan fingerprint density at radius 1 is 1.17 bits per heavy atom. The minimum atomic E-state index is -0.843. The molecule has 0 saturated carbocycles. The van der Waals surface area contributed by atoms with Crippen molar-refractivity contribution in [1.29, 1.82) is 0 Å². The Labute approximate surface area is 169 Å². The summed E-state index contributed by atoms with van der Waals surface area (Å²) in [5.41, 5.74) is 5.94. The number of ketones is 1. The summed E-state index contributed by atoms with van der Waals surface area (Å²) in [5.74, 6) is 0.817. The van der Waals surface area contributed by atoms with E-state index in [0.29, 0.717) is 18.7 Å². The predicted molar refractivity (Wildman–Crippen MR) is 112 cm³/mol. The molecule has 0 saturated heterocycles. The number of fused-ring (bicyclic) bond motifs is 1. The third-order valence-electron chi connectivity index (χ3n) is 5.29. The lowest BCUT2D eigenvalue weighted by molar-refractivity contribution is 0.0971. The highest BCUT2D eigenvalue weighted by atomic mass is 16.3. The fraction of sp³-hybridized carbons (Fsp3) is 0.304. The average Bonchev–Trinajstić information content (AvgIpc) is 3.12. The average molecular weight is 391 g/mol. The molecular formula is C23H25N3O3. The fourth-order valence-electron chi connectivity index (χ4n) is 3.86. The molecule has 0 spiro atoms. The van der Waals surface area contributed by atoms with Crippen LogP contribution >= 0.6 is 0 Å². The summed E-state index contributed by atoms with van der Waals surface area (Å²) in [6, 6.07) is 14.0. The largest absolute Gasteiger partial charge is 0.394 e. The normalized spacial score (nSPS) is 14.5. The predicted octanol–water partition coefficient (Wildman–Crippen LogP) is 2.95. The quantitative estimate of drug-likeness (QED) is 0.496. The highest BCUT2D eigenvalue weighted by molar-refractivity contribution is 6.01. The van der Waals surface area contributed by atoms with Crippen molar-refractivity contribution in [1.82, 2.24) is 9.97 Å². The molecule has 4 N–H and O–H groups in total. The molecule has 1 aliphatic rings. The molecule has 3 aromatic rings. The lowest BCUT2D eigenvalue weighted by Crippen LogP contribution is -2.23. The Balaban J connectivity index is 1.73. The van der Waals surface area contributed by atoms with E-state index in [-0.39, 0.29) is 18.9 Å². The first kappa shape index (κ1) is 19.4. The first-order valence-electron chi connectivity index (χ1n) is 9.95. The van der Waals surface area contributed by atoms with E-state index >= 15 is 0 Å². The third-order valence-corrected chi connectivity index (χ3v) is 5.29. The van der Waals surface area contributed by atoms with E-state index in [0.717, 1.165) is 46.5 Å². The maximum atomic E-state index is 12.7. The number of aliphatic hydroxyl groups excluding tert-OH is 2. The fourth-order valence-corrected chi connectivity index (χ4v) is 3.86. The van der Waals surface area contributed by atoms with E-state index in [9.17, 15) is 9.90 Å². The molecule has 0 unspecified atom stereocenters. The lowest BCUT2D eigenvalue weighted by atomic mass is 9.90. The summed E-state index contributed by atoms with van der Waals surface area (Å²) < 4.78 is 0. The maximum Gasteiger partial charge on any atom is 0.165 e. The molecule has 0 amide bonds. The molecule has 0 radical (unpaired) electrons. The first-order valence-corrected chi connectivity index (χ1v) is 9.95. The molecule has 29 heavy (non-hydrogen) atoms. The van der Waals surface area contributed by atoms with E-state index in [1.165, 1.54) is 0 Å². The molecule has 2 heterocycles. The number of hydrogen-bond acceptors (Lipinski definition) is 5. The Morgan fingerprint density at radius 3 is 2.79 bits per heavy atom. The number of carbonyl (C=O) groups excluding carboxylic acids is 1. The second kappa shape index (κ2) is 8.59. The van der Waals surface area contributed by atoms with Crippen molar-refractivity contribution in [2.24, 2.45) is 0 Å². The summed E-state index contributed by atoms with van der Waals surface area (Å²) >= 11 is 0. The van der Waals surface area contributed by atoms with Crippen LogP contribution in [0.1, 0.15) is 40.0 Å². The summed E-state index contributed by atoms with van der Waals surface area (Å²) in [5, 5.41) is 21.6. The number of nitrogens with zero attached hydrogens (tertiary/aromatic N) is 1. The number of aryl methyl sites for hydroxylation is 1. The van der Waals surface area contributed by atoms with Gasteiger partial charge in [-0.15, -0.1) is 0 Å². The van der Waals surface area contributed by atoms with Gasteiger partial charge in [-0.3, -0.25) is 4.79 Å². The molecule has 6 heteroatoms. The van der Waals surface area contributed by atoms with Crippen LogP contribution in [-0.4, -0.2) is 45.2 Å². The van der Waals surface area contributed by atoms with Gasteiger partial charge in [0.25, 0.3) is 0 Å². The van der Waals surface area contributed by atoms with E-state index in [4.69, 9.17) is 5.11 Å². The molecule has 0 fully saturated rings. The van der Waals surface area contributed by atoms with Gasteiger partial charge in [0.1, 0.15) is 5.82 Å². The van der Waals surface area contributed by atoms with Crippen LogP contribution in [0.5, 0.6) is 0 Å². The van der Waals surface area contributed by atoms with Gasteiger partial charge < -0.3 is 20.5 Å². The monoisotopic (exact) mass is 391 g/mol. The highest BCUT2D eigenvalue weighted by Gasteiger charge is 2.26. The number of benzene rings is 1. The number of rotatable bonds is 7. The number of pyridine rings is 1. The third kappa shape index (κ3) is 4.23. The molecule has 6 nitrogen and oxygen atoms in total. The maximum absolute atomic E-state index is 12.7. The number of anilines is 1. The van der Waals surface area contributed by atoms with Gasteiger partial charge in [0.05, 0.1) is 18.4 Å². The van der Waals surface area contributed by atoms with E-state index < -0.39 is 6.10 Å². The van der Waals surface area contributed by atoms with Crippen molar-refractivity contribution in [3.05, 3.63) is 71.0 Å². The van der Waals surface area contributed by atoms with Gasteiger partial charge in [-0.25, -0.2) is 4.98 Å². The molecule has 150 valence electrons. The van der Waals surface area contributed by atoms with Crippen LogP contribution in [0.15, 0.2) is 48.7 Å². The highest BCUT2D eigenvalue weighted by Crippen LogP contribution is 2.35. The number of Topliss-reactive ketones (excluding diaryl/α,β-unsaturated/α-hetero) is 1. The molecule has 2 aromatic heterocycles. The van der Waals surface area contributed by atoms with Crippen LogP contribution in [-0.2, 0) is 12.8 Å². The number of aromatic nitrogens is 2. The van der Waals surface area contributed by atoms with Gasteiger partial charge in [-0.05, 0) is 36.1 Å². The van der Waals surface area contributed by atoms with Gasteiger partial charge in [0, 0.05) is 42.4 Å². The van der Waals surface area contributed by atoms with Crippen LogP contribution < -0.4 is 5.32 Å². The molecule has 1 aliphatic carbocycles. The number of hydrogen-bond donors (Lipinski definition) is 4. The van der Waals surface area contributed by atoms with E-state index in [1.807, 2.05) is 30.3 Å². The van der Waals surface area contributed by atoms with Crippen molar-refractivity contribution >= 4 is 11.6 Å². The SMILES string of the molecule is O=C1CCCc2[nH]c(-c3ccnc(NC[C@H](O)CO)c3)c(Cc3ccccc3)c21. The number of carbonyl (C=O) groups is 1. The van der Waals surface area contributed by atoms with Crippen LogP contribution in [0.25, 0.3) is 11.3 Å². The zero-order valence-electron chi connectivity index (χ0n) is 16.2. The minimum absolute atomic E-state index is 0.207. The zero-order chi connectivity index (χ0) is 20.2. The Kier molecular flexibility index (Phi) is 5.74. The number of aromatic amines is 1.